The van der Waals surface area contributed by atoms with E-state index in [0.717, 1.165) is 38.6 Å². The smallest absolute Gasteiger partial charge is 0.416 e. The Balaban J connectivity index is 1.66. The van der Waals surface area contributed by atoms with Crippen molar-refractivity contribution in [3.8, 4) is 11.1 Å². The van der Waals surface area contributed by atoms with Gasteiger partial charge in [0.2, 0.25) is 0 Å². The first-order chi connectivity index (χ1) is 20.1. The standard InChI is InChI=1S/C32H23ClF3N3O3/c33-28-25(14-22-16-37-15-21-9-4-5-12-24(21)22)27(20-10-6-11-23(13-20)32(34,35)36)29-38(17-19-7-2-1-3-8-19)18-26(31(41)42)39(29)30(28)40/h1-13,15-16,26H,14,17-18H2,(H,41,42). The van der Waals surface area contributed by atoms with E-state index < -0.39 is 29.3 Å². The van der Waals surface area contributed by atoms with E-state index in [1.807, 2.05) is 54.6 Å². The van der Waals surface area contributed by atoms with Crippen LogP contribution in [0, 0.1) is 0 Å². The van der Waals surface area contributed by atoms with Crippen molar-refractivity contribution in [1.29, 1.82) is 0 Å². The monoisotopic (exact) mass is 589 g/mol. The molecule has 1 N–H and O–H groups in total. The number of aromatic nitrogens is 2. The van der Waals surface area contributed by atoms with Gasteiger partial charge in [-0.05, 0) is 39.8 Å². The highest BCUT2D eigenvalue weighted by atomic mass is 35.5. The van der Waals surface area contributed by atoms with E-state index in [-0.39, 0.29) is 41.5 Å². The molecule has 0 fully saturated rings. The molecule has 0 bridgehead atoms. The Hall–Kier alpha value is -4.63. The molecule has 2 aromatic heterocycles. The number of rotatable bonds is 6. The lowest BCUT2D eigenvalue weighted by Crippen LogP contribution is -2.29. The molecule has 3 aromatic carbocycles. The van der Waals surface area contributed by atoms with Gasteiger partial charge in [-0.2, -0.15) is 13.2 Å². The van der Waals surface area contributed by atoms with Crippen molar-refractivity contribution < 1.29 is 23.1 Å². The summed E-state index contributed by atoms with van der Waals surface area (Å²) in [6.07, 6.45) is -1.20. The summed E-state index contributed by atoms with van der Waals surface area (Å²) in [4.78, 5) is 32.3. The molecule has 1 aliphatic rings. The summed E-state index contributed by atoms with van der Waals surface area (Å²) in [7, 11) is 0. The van der Waals surface area contributed by atoms with Gasteiger partial charge in [-0.1, -0.05) is 78.3 Å². The lowest BCUT2D eigenvalue weighted by Gasteiger charge is -2.25. The molecule has 0 saturated heterocycles. The van der Waals surface area contributed by atoms with Crippen LogP contribution in [0.2, 0.25) is 5.02 Å². The summed E-state index contributed by atoms with van der Waals surface area (Å²) in [6, 6.07) is 20.2. The number of anilines is 1. The van der Waals surface area contributed by atoms with E-state index in [4.69, 9.17) is 11.6 Å². The molecule has 0 spiro atoms. The van der Waals surface area contributed by atoms with Crippen molar-refractivity contribution in [2.75, 3.05) is 11.4 Å². The van der Waals surface area contributed by atoms with Crippen LogP contribution in [-0.4, -0.2) is 27.2 Å². The number of hydrogen-bond donors (Lipinski definition) is 1. The van der Waals surface area contributed by atoms with Crippen LogP contribution in [0.4, 0.5) is 19.0 Å². The Morgan fingerprint density at radius 3 is 2.48 bits per heavy atom. The number of fused-ring (bicyclic) bond motifs is 2. The largest absolute Gasteiger partial charge is 0.480 e. The van der Waals surface area contributed by atoms with Gasteiger partial charge >= 0.3 is 12.1 Å². The van der Waals surface area contributed by atoms with Crippen LogP contribution in [0.3, 0.4) is 0 Å². The maximum Gasteiger partial charge on any atom is 0.416 e. The molecule has 3 heterocycles. The Bertz CT molecular complexity index is 1880. The van der Waals surface area contributed by atoms with Gasteiger partial charge in [-0.3, -0.25) is 14.3 Å². The lowest BCUT2D eigenvalue weighted by molar-refractivity contribution is -0.140. The van der Waals surface area contributed by atoms with Crippen molar-refractivity contribution in [1.82, 2.24) is 9.55 Å². The maximum atomic E-state index is 13.9. The highest BCUT2D eigenvalue weighted by Gasteiger charge is 2.39. The second-order valence-electron chi connectivity index (χ2n) is 10.2. The average molecular weight is 590 g/mol. The van der Waals surface area contributed by atoms with E-state index in [2.05, 4.69) is 4.98 Å². The van der Waals surface area contributed by atoms with Gasteiger partial charge < -0.3 is 10.0 Å². The topological polar surface area (TPSA) is 75.4 Å². The van der Waals surface area contributed by atoms with E-state index in [1.165, 1.54) is 12.1 Å². The van der Waals surface area contributed by atoms with Gasteiger partial charge in [-0.25, -0.2) is 4.79 Å². The van der Waals surface area contributed by atoms with Crippen LogP contribution in [0.15, 0.2) is 96.1 Å². The summed E-state index contributed by atoms with van der Waals surface area (Å²) in [5, 5.41) is 11.6. The van der Waals surface area contributed by atoms with Gasteiger partial charge in [0, 0.05) is 36.3 Å². The zero-order valence-corrected chi connectivity index (χ0v) is 22.7. The Morgan fingerprint density at radius 2 is 1.74 bits per heavy atom. The van der Waals surface area contributed by atoms with E-state index in [9.17, 15) is 27.9 Å². The Kier molecular flexibility index (Phi) is 6.98. The molecule has 6 nitrogen and oxygen atoms in total. The number of aliphatic carboxylic acids is 1. The first kappa shape index (κ1) is 27.5. The van der Waals surface area contributed by atoms with Gasteiger partial charge in [0.1, 0.15) is 10.8 Å². The first-order valence-corrected chi connectivity index (χ1v) is 13.5. The number of pyridine rings is 2. The second-order valence-corrected chi connectivity index (χ2v) is 10.5. The van der Waals surface area contributed by atoms with Crippen molar-refractivity contribution in [3.63, 3.8) is 0 Å². The highest BCUT2D eigenvalue weighted by Crippen LogP contribution is 2.44. The van der Waals surface area contributed by atoms with E-state index >= 15 is 0 Å². The summed E-state index contributed by atoms with van der Waals surface area (Å²) in [5.74, 6) is -1.03. The third kappa shape index (κ3) is 4.90. The van der Waals surface area contributed by atoms with Crippen LogP contribution < -0.4 is 10.5 Å². The molecular formula is C32H23ClF3N3O3. The maximum absolute atomic E-state index is 13.9. The van der Waals surface area contributed by atoms with E-state index in [0.29, 0.717) is 5.56 Å². The van der Waals surface area contributed by atoms with Crippen LogP contribution in [0.1, 0.15) is 28.3 Å². The summed E-state index contributed by atoms with van der Waals surface area (Å²) >= 11 is 6.75. The van der Waals surface area contributed by atoms with Crippen molar-refractivity contribution >= 4 is 34.2 Å². The quantitative estimate of drug-likeness (QED) is 0.231. The average Bonchev–Trinajstić information content (AvgIpc) is 3.35. The fraction of sp³-hybridized carbons (Fsp3) is 0.156. The number of carboxylic acids is 1. The van der Waals surface area contributed by atoms with Gasteiger partial charge in [0.15, 0.2) is 6.04 Å². The second kappa shape index (κ2) is 10.6. The molecule has 0 saturated carbocycles. The lowest BCUT2D eigenvalue weighted by atomic mass is 9.93. The zero-order chi connectivity index (χ0) is 29.6. The molecule has 0 amide bonds. The third-order valence-corrected chi connectivity index (χ3v) is 7.92. The molecular weight excluding hydrogens is 567 g/mol. The van der Waals surface area contributed by atoms with Crippen molar-refractivity contribution in [2.45, 2.75) is 25.2 Å². The number of halogens is 4. The first-order valence-electron chi connectivity index (χ1n) is 13.1. The fourth-order valence-corrected chi connectivity index (χ4v) is 5.89. The van der Waals surface area contributed by atoms with Gasteiger partial charge in [0.05, 0.1) is 12.1 Å². The van der Waals surface area contributed by atoms with Gasteiger partial charge in [-0.15, -0.1) is 0 Å². The Labute approximate surface area is 243 Å². The van der Waals surface area contributed by atoms with Crippen LogP contribution >= 0.6 is 11.6 Å². The van der Waals surface area contributed by atoms with Crippen LogP contribution in [-0.2, 0) is 23.9 Å². The molecule has 5 aromatic rings. The normalized spacial score (nSPS) is 14.8. The number of benzene rings is 3. The molecule has 10 heteroatoms. The number of alkyl halides is 3. The summed E-state index contributed by atoms with van der Waals surface area (Å²) < 4.78 is 42.7. The minimum absolute atomic E-state index is 0.0684. The SMILES string of the molecule is O=C(O)C1CN(Cc2ccccc2)c2c(-c3cccc(C(F)(F)F)c3)c(Cc3cncc4ccccc34)c(Cl)c(=O)n21. The number of carboxylic acid groups (broad SMARTS) is 1. The van der Waals surface area contributed by atoms with Crippen molar-refractivity contribution in [2.24, 2.45) is 0 Å². The van der Waals surface area contributed by atoms with Crippen LogP contribution in [0.5, 0.6) is 0 Å². The predicted octanol–water partition coefficient (Wildman–Crippen LogP) is 6.97. The van der Waals surface area contributed by atoms with Gasteiger partial charge in [0.25, 0.3) is 5.56 Å². The van der Waals surface area contributed by atoms with Crippen molar-refractivity contribution in [3.05, 3.63) is 129 Å². The third-order valence-electron chi connectivity index (χ3n) is 7.53. The van der Waals surface area contributed by atoms with Crippen LogP contribution in [0.25, 0.3) is 21.9 Å². The Morgan fingerprint density at radius 1 is 1.00 bits per heavy atom. The summed E-state index contributed by atoms with van der Waals surface area (Å²) in [5.41, 5.74) is 0.715. The molecule has 0 aliphatic carbocycles. The predicted molar refractivity (Wildman–Crippen MR) is 155 cm³/mol. The molecule has 1 atom stereocenters. The number of nitrogens with zero attached hydrogens (tertiary/aromatic N) is 3. The van der Waals surface area contributed by atoms with E-state index in [1.54, 1.807) is 17.3 Å². The summed E-state index contributed by atoms with van der Waals surface area (Å²) in [6.45, 7) is 0.161. The molecule has 1 aliphatic heterocycles. The molecule has 42 heavy (non-hydrogen) atoms. The molecule has 6 rings (SSSR count). The molecule has 1 unspecified atom stereocenters. The molecule has 212 valence electrons. The zero-order valence-electron chi connectivity index (χ0n) is 22.0. The number of carbonyl (C=O) groups is 1. The highest BCUT2D eigenvalue weighted by molar-refractivity contribution is 6.32. The fourth-order valence-electron chi connectivity index (χ4n) is 5.64. The minimum atomic E-state index is -4.62. The molecule has 0 radical (unpaired) electrons. The minimum Gasteiger partial charge on any atom is -0.480 e. The number of hydrogen-bond acceptors (Lipinski definition) is 4.